The third-order valence-electron chi connectivity index (χ3n) is 3.90. The van der Waals surface area contributed by atoms with Crippen LogP contribution >= 0.6 is 0 Å². The molecule has 2 atom stereocenters. The zero-order valence-corrected chi connectivity index (χ0v) is 14.9. The monoisotopic (exact) mass is 348 g/mol. The number of hydrogen-bond acceptors (Lipinski definition) is 0. The Hall–Kier alpha value is -1.20. The third-order valence-corrected chi connectivity index (χ3v) is 3.90. The van der Waals surface area contributed by atoms with Gasteiger partial charge in [0, 0.05) is 0 Å². The van der Waals surface area contributed by atoms with Crippen molar-refractivity contribution in [1.29, 1.82) is 0 Å². The van der Waals surface area contributed by atoms with Crippen LogP contribution in [0.3, 0.4) is 0 Å². The van der Waals surface area contributed by atoms with Crippen molar-refractivity contribution in [3.8, 4) is 0 Å². The minimum atomic E-state index is 0. The maximum atomic E-state index is 3.26. The normalized spacial score (nSPS) is 20.1. The van der Waals surface area contributed by atoms with Crippen LogP contribution in [0.2, 0.25) is 0 Å². The van der Waals surface area contributed by atoms with E-state index in [0.717, 1.165) is 0 Å². The molecule has 2 aliphatic rings. The molecule has 0 nitrogen and oxygen atoms in total. The zero-order valence-electron chi connectivity index (χ0n) is 12.4. The third kappa shape index (κ3) is 3.53. The van der Waals surface area contributed by atoms with Crippen LogP contribution in [0.25, 0.3) is 12.2 Å². The molecule has 0 saturated heterocycles. The quantitative estimate of drug-likeness (QED) is 0.571. The first-order valence-electron chi connectivity index (χ1n) is 7.12. The van der Waals surface area contributed by atoms with Crippen molar-refractivity contribution in [2.45, 2.75) is 25.7 Å². The molecule has 2 aliphatic carbocycles. The van der Waals surface area contributed by atoms with Gasteiger partial charge in [-0.3, -0.25) is 12.2 Å². The molecule has 0 fully saturated rings. The van der Waals surface area contributed by atoms with Crippen LogP contribution in [0.4, 0.5) is 0 Å². The maximum Gasteiger partial charge on any atom is 4.00 e. The molecule has 100 valence electrons. The van der Waals surface area contributed by atoms with E-state index in [4.69, 9.17) is 0 Å². The number of benzene rings is 2. The van der Waals surface area contributed by atoms with Crippen LogP contribution in [0, 0.1) is 12.2 Å². The van der Waals surface area contributed by atoms with Crippen molar-refractivity contribution in [3.63, 3.8) is 0 Å². The van der Waals surface area contributed by atoms with Gasteiger partial charge in [-0.25, -0.2) is 12.2 Å². The van der Waals surface area contributed by atoms with Crippen LogP contribution in [-0.2, 0) is 26.2 Å². The Kier molecular flexibility index (Phi) is 5.53. The second-order valence-corrected chi connectivity index (χ2v) is 5.32. The van der Waals surface area contributed by atoms with Crippen molar-refractivity contribution in [3.05, 3.63) is 82.9 Å². The summed E-state index contributed by atoms with van der Waals surface area (Å²) in [6.45, 7) is 4.34. The first-order chi connectivity index (χ1) is 9.75. The predicted octanol–water partition coefficient (Wildman–Crippen LogP) is 5.24. The van der Waals surface area contributed by atoms with Gasteiger partial charge in [0.05, 0.1) is 0 Å². The maximum absolute atomic E-state index is 3.26. The van der Waals surface area contributed by atoms with E-state index in [-0.39, 0.29) is 26.2 Å². The largest absolute Gasteiger partial charge is 4.00 e. The summed E-state index contributed by atoms with van der Waals surface area (Å²) in [6, 6.07) is 16.9. The van der Waals surface area contributed by atoms with Crippen molar-refractivity contribution in [2.24, 2.45) is 0 Å². The molecule has 0 heterocycles. The van der Waals surface area contributed by atoms with Gasteiger partial charge in [-0.2, -0.15) is 11.1 Å². The minimum Gasteiger partial charge on any atom is -0.269 e. The van der Waals surface area contributed by atoms with E-state index in [2.05, 4.69) is 86.7 Å². The first-order valence-corrected chi connectivity index (χ1v) is 7.12. The number of allylic oxidation sites excluding steroid dienone is 2. The van der Waals surface area contributed by atoms with Crippen LogP contribution in [0.15, 0.2) is 48.5 Å². The fraction of sp³-hybridized carbons (Fsp3) is 0.200. The number of fused-ring (bicyclic) bond motifs is 2. The van der Waals surface area contributed by atoms with Crippen molar-refractivity contribution in [1.82, 2.24) is 0 Å². The Morgan fingerprint density at radius 3 is 1.43 bits per heavy atom. The molecule has 4 rings (SSSR count). The molecule has 0 N–H and O–H groups in total. The summed E-state index contributed by atoms with van der Waals surface area (Å²) in [5, 5.41) is 0. The number of hydrogen-bond donors (Lipinski definition) is 0. The van der Waals surface area contributed by atoms with Crippen LogP contribution < -0.4 is 0 Å². The van der Waals surface area contributed by atoms with E-state index in [1.807, 2.05) is 0 Å². The van der Waals surface area contributed by atoms with Crippen molar-refractivity contribution >= 4 is 12.2 Å². The molecule has 2 unspecified atom stereocenters. The van der Waals surface area contributed by atoms with E-state index in [1.54, 1.807) is 0 Å². The molecule has 0 bridgehead atoms. The van der Waals surface area contributed by atoms with Gasteiger partial charge in [0.1, 0.15) is 0 Å². The van der Waals surface area contributed by atoms with Crippen molar-refractivity contribution in [2.75, 3.05) is 0 Å². The van der Waals surface area contributed by atoms with E-state index in [1.165, 1.54) is 22.3 Å². The van der Waals surface area contributed by atoms with Crippen LogP contribution in [-0.4, -0.2) is 0 Å². The molecule has 2 aromatic carbocycles. The van der Waals surface area contributed by atoms with Crippen molar-refractivity contribution < 1.29 is 26.2 Å². The second kappa shape index (κ2) is 7.18. The summed E-state index contributed by atoms with van der Waals surface area (Å²) in [4.78, 5) is 0. The standard InChI is InChI=1S/2C10H9.Zr/c2*1-8-6-7-9-4-2-3-5-10(8)9;/h2*2-5,7-8H,1H3;/q2*-1;+4. The molecule has 21 heavy (non-hydrogen) atoms. The molecule has 0 amide bonds. The molecule has 0 aliphatic heterocycles. The van der Waals surface area contributed by atoms with Crippen LogP contribution in [0.1, 0.15) is 47.9 Å². The molecule has 0 spiro atoms. The smallest absolute Gasteiger partial charge is 0.269 e. The first kappa shape index (κ1) is 16.2. The predicted molar refractivity (Wildman–Crippen MR) is 85.1 cm³/mol. The molecular weight excluding hydrogens is 331 g/mol. The summed E-state index contributed by atoms with van der Waals surface area (Å²) >= 11 is 0. The molecular formula is C20H18Zr+2. The van der Waals surface area contributed by atoms with Gasteiger partial charge in [-0.1, -0.05) is 62.1 Å². The van der Waals surface area contributed by atoms with Gasteiger partial charge >= 0.3 is 26.2 Å². The SMILES string of the molecule is CC1[C-]=Cc2ccccc21.CC1[C-]=Cc2ccccc21.[Zr+4]. The van der Waals surface area contributed by atoms with E-state index in [0.29, 0.717) is 11.8 Å². The zero-order chi connectivity index (χ0) is 13.9. The molecule has 2 aromatic rings. The summed E-state index contributed by atoms with van der Waals surface area (Å²) in [7, 11) is 0. The molecule has 0 aromatic heterocycles. The Bertz CT molecular complexity index is 608. The van der Waals surface area contributed by atoms with Gasteiger partial charge in [0.25, 0.3) is 0 Å². The van der Waals surface area contributed by atoms with Crippen LogP contribution in [0.5, 0.6) is 0 Å². The topological polar surface area (TPSA) is 0 Å². The average molecular weight is 350 g/mol. The Balaban J connectivity index is 0.000000147. The summed E-state index contributed by atoms with van der Waals surface area (Å²) in [6.07, 6.45) is 10.7. The Morgan fingerprint density at radius 2 is 1.05 bits per heavy atom. The summed E-state index contributed by atoms with van der Waals surface area (Å²) in [5.74, 6) is 0.993. The number of rotatable bonds is 0. The van der Waals surface area contributed by atoms with Gasteiger partial charge in [0.2, 0.25) is 0 Å². The molecule has 1 heteroatoms. The van der Waals surface area contributed by atoms with E-state index in [9.17, 15) is 0 Å². The van der Waals surface area contributed by atoms with Gasteiger partial charge in [-0.15, -0.1) is 23.3 Å². The summed E-state index contributed by atoms with van der Waals surface area (Å²) in [5.41, 5.74) is 5.47. The minimum absolute atomic E-state index is 0. The average Bonchev–Trinajstić information content (AvgIpc) is 3.05. The summed E-state index contributed by atoms with van der Waals surface area (Å²) < 4.78 is 0. The fourth-order valence-electron chi connectivity index (χ4n) is 2.68. The Labute approximate surface area is 146 Å². The van der Waals surface area contributed by atoms with Gasteiger partial charge < -0.3 is 0 Å². The van der Waals surface area contributed by atoms with E-state index < -0.39 is 0 Å². The van der Waals surface area contributed by atoms with E-state index >= 15 is 0 Å². The molecule has 0 saturated carbocycles. The second-order valence-electron chi connectivity index (χ2n) is 5.32. The molecule has 0 radical (unpaired) electrons. The Morgan fingerprint density at radius 1 is 0.667 bits per heavy atom. The fourth-order valence-corrected chi connectivity index (χ4v) is 2.68. The van der Waals surface area contributed by atoms with Gasteiger partial charge in [-0.05, 0) is 0 Å². The van der Waals surface area contributed by atoms with Gasteiger partial charge in [0.15, 0.2) is 0 Å².